The summed E-state index contributed by atoms with van der Waals surface area (Å²) in [7, 11) is 2.07. The molecule has 0 radical (unpaired) electrons. The van der Waals surface area contributed by atoms with Gasteiger partial charge in [-0.25, -0.2) is 4.39 Å². The Morgan fingerprint density at radius 1 is 1.30 bits per heavy atom. The zero-order valence-corrected chi connectivity index (χ0v) is 13.1. The first-order valence-corrected chi connectivity index (χ1v) is 7.58. The van der Waals surface area contributed by atoms with E-state index in [0.29, 0.717) is 17.0 Å². The molecule has 20 heavy (non-hydrogen) atoms. The Morgan fingerprint density at radius 3 is 2.45 bits per heavy atom. The maximum atomic E-state index is 14.0. The Hall–Kier alpha value is -1.09. The first kappa shape index (κ1) is 15.3. The van der Waals surface area contributed by atoms with Gasteiger partial charge in [-0.1, -0.05) is 19.9 Å². The lowest BCUT2D eigenvalue weighted by Gasteiger charge is -2.40. The highest BCUT2D eigenvalue weighted by Crippen LogP contribution is 2.39. The maximum absolute atomic E-state index is 14.0. The van der Waals surface area contributed by atoms with Crippen molar-refractivity contribution in [2.75, 3.05) is 11.9 Å². The van der Waals surface area contributed by atoms with Gasteiger partial charge in [0.2, 0.25) is 0 Å². The third-order valence-electron chi connectivity index (χ3n) is 4.72. The van der Waals surface area contributed by atoms with Crippen molar-refractivity contribution in [3.05, 3.63) is 29.6 Å². The number of hydrogen-bond donors (Lipinski definition) is 1. The van der Waals surface area contributed by atoms with E-state index < -0.39 is 0 Å². The summed E-state index contributed by atoms with van der Waals surface area (Å²) < 4.78 is 14.0. The first-order valence-electron chi connectivity index (χ1n) is 7.58. The van der Waals surface area contributed by atoms with Crippen LogP contribution in [-0.4, -0.2) is 13.1 Å². The normalized spacial score (nSPS) is 20.7. The molecule has 0 aliphatic heterocycles. The van der Waals surface area contributed by atoms with Gasteiger partial charge < -0.3 is 10.6 Å². The smallest absolute Gasteiger partial charge is 0.130 e. The summed E-state index contributed by atoms with van der Waals surface area (Å²) in [6.45, 7) is 6.51. The molecular formula is C17H27FN2. The van der Waals surface area contributed by atoms with Gasteiger partial charge in [-0.3, -0.25) is 0 Å². The van der Waals surface area contributed by atoms with Gasteiger partial charge in [0.05, 0.1) is 0 Å². The Balaban J connectivity index is 2.22. The second kappa shape index (κ2) is 5.72. The quantitative estimate of drug-likeness (QED) is 0.895. The molecule has 0 amide bonds. The molecule has 1 aromatic carbocycles. The SMILES string of the molecule is C[C@@H](N)c1c(F)cccc1N(C)C1CCC(C)(C)CC1. The first-order chi connectivity index (χ1) is 9.32. The minimum Gasteiger partial charge on any atom is -0.371 e. The van der Waals surface area contributed by atoms with E-state index in [0.717, 1.165) is 5.69 Å². The van der Waals surface area contributed by atoms with Crippen molar-refractivity contribution < 1.29 is 4.39 Å². The summed E-state index contributed by atoms with van der Waals surface area (Å²) in [6, 6.07) is 5.47. The molecule has 112 valence electrons. The molecule has 0 bridgehead atoms. The molecule has 1 aliphatic carbocycles. The molecule has 0 spiro atoms. The van der Waals surface area contributed by atoms with Gasteiger partial charge in [-0.2, -0.15) is 0 Å². The van der Waals surface area contributed by atoms with E-state index in [4.69, 9.17) is 5.73 Å². The number of nitrogens with two attached hydrogens (primary N) is 1. The van der Waals surface area contributed by atoms with Crippen molar-refractivity contribution >= 4 is 5.69 Å². The minimum absolute atomic E-state index is 0.194. The fourth-order valence-corrected chi connectivity index (χ4v) is 3.25. The van der Waals surface area contributed by atoms with Crippen molar-refractivity contribution in [2.45, 2.75) is 58.5 Å². The van der Waals surface area contributed by atoms with Crippen molar-refractivity contribution in [1.29, 1.82) is 0 Å². The Morgan fingerprint density at radius 2 is 1.90 bits per heavy atom. The molecule has 1 aliphatic rings. The Kier molecular flexibility index (Phi) is 4.38. The Labute approximate surface area is 122 Å². The van der Waals surface area contributed by atoms with Crippen LogP contribution in [-0.2, 0) is 0 Å². The van der Waals surface area contributed by atoms with Crippen LogP contribution in [0, 0.1) is 11.2 Å². The molecule has 0 heterocycles. The van der Waals surface area contributed by atoms with Crippen molar-refractivity contribution in [3.63, 3.8) is 0 Å². The van der Waals surface area contributed by atoms with Crippen molar-refractivity contribution in [2.24, 2.45) is 11.1 Å². The summed E-state index contributed by atoms with van der Waals surface area (Å²) in [5, 5.41) is 0. The zero-order chi connectivity index (χ0) is 14.9. The lowest BCUT2D eigenvalue weighted by Crippen LogP contribution is -2.38. The molecule has 0 saturated heterocycles. The summed E-state index contributed by atoms with van der Waals surface area (Å²) in [6.07, 6.45) is 4.78. The van der Waals surface area contributed by atoms with Crippen LogP contribution in [0.5, 0.6) is 0 Å². The van der Waals surface area contributed by atoms with Gasteiger partial charge >= 0.3 is 0 Å². The maximum Gasteiger partial charge on any atom is 0.130 e. The van der Waals surface area contributed by atoms with Crippen molar-refractivity contribution in [1.82, 2.24) is 0 Å². The molecule has 1 saturated carbocycles. The number of halogens is 1. The van der Waals surface area contributed by atoms with E-state index in [1.807, 2.05) is 13.0 Å². The van der Waals surface area contributed by atoms with Crippen LogP contribution in [0.2, 0.25) is 0 Å². The minimum atomic E-state index is -0.284. The van der Waals surface area contributed by atoms with E-state index in [1.54, 1.807) is 6.07 Å². The van der Waals surface area contributed by atoms with Gasteiger partial charge in [-0.15, -0.1) is 0 Å². The molecule has 0 aromatic heterocycles. The zero-order valence-electron chi connectivity index (χ0n) is 13.1. The predicted molar refractivity (Wildman–Crippen MR) is 83.4 cm³/mol. The van der Waals surface area contributed by atoms with E-state index >= 15 is 0 Å². The number of benzene rings is 1. The fourth-order valence-electron chi connectivity index (χ4n) is 3.25. The highest BCUT2D eigenvalue weighted by molar-refractivity contribution is 5.55. The standard InChI is InChI=1S/C17H27FN2/c1-12(19)16-14(18)6-5-7-15(16)20(4)13-8-10-17(2,3)11-9-13/h5-7,12-13H,8-11,19H2,1-4H3/t12-/m1/s1. The van der Waals surface area contributed by atoms with Gasteiger partial charge in [-0.05, 0) is 50.2 Å². The summed E-state index contributed by atoms with van der Waals surface area (Å²) in [4.78, 5) is 2.23. The summed E-state index contributed by atoms with van der Waals surface area (Å²) in [5.41, 5.74) is 7.99. The van der Waals surface area contributed by atoms with Crippen LogP contribution in [0.1, 0.15) is 58.1 Å². The number of rotatable bonds is 3. The predicted octanol–water partition coefficient (Wildman–Crippen LogP) is 4.25. The third kappa shape index (κ3) is 3.14. The summed E-state index contributed by atoms with van der Waals surface area (Å²) >= 11 is 0. The van der Waals surface area contributed by atoms with Gasteiger partial charge in [0.25, 0.3) is 0 Å². The fraction of sp³-hybridized carbons (Fsp3) is 0.647. The highest BCUT2D eigenvalue weighted by atomic mass is 19.1. The van der Waals surface area contributed by atoms with Crippen LogP contribution in [0.15, 0.2) is 18.2 Å². The molecule has 2 rings (SSSR count). The van der Waals surface area contributed by atoms with Gasteiger partial charge in [0, 0.05) is 30.4 Å². The number of anilines is 1. The Bertz CT molecular complexity index is 458. The molecule has 2 N–H and O–H groups in total. The molecule has 1 atom stereocenters. The average Bonchev–Trinajstić information content (AvgIpc) is 2.37. The second-order valence-corrected chi connectivity index (χ2v) is 6.97. The van der Waals surface area contributed by atoms with E-state index in [1.165, 1.54) is 31.7 Å². The lowest BCUT2D eigenvalue weighted by atomic mass is 9.75. The molecule has 2 nitrogen and oxygen atoms in total. The molecular weight excluding hydrogens is 251 g/mol. The van der Waals surface area contributed by atoms with Gasteiger partial charge in [0.1, 0.15) is 5.82 Å². The highest BCUT2D eigenvalue weighted by Gasteiger charge is 2.30. The number of hydrogen-bond acceptors (Lipinski definition) is 2. The van der Waals surface area contributed by atoms with Crippen LogP contribution in [0.3, 0.4) is 0 Å². The molecule has 1 fully saturated rings. The molecule has 0 unspecified atom stereocenters. The van der Waals surface area contributed by atoms with E-state index in [2.05, 4.69) is 25.8 Å². The van der Waals surface area contributed by atoms with Crippen LogP contribution in [0.4, 0.5) is 10.1 Å². The van der Waals surface area contributed by atoms with Crippen LogP contribution in [0.25, 0.3) is 0 Å². The van der Waals surface area contributed by atoms with E-state index in [-0.39, 0.29) is 11.9 Å². The van der Waals surface area contributed by atoms with Gasteiger partial charge in [0.15, 0.2) is 0 Å². The average molecular weight is 278 g/mol. The van der Waals surface area contributed by atoms with E-state index in [9.17, 15) is 4.39 Å². The van der Waals surface area contributed by atoms with Crippen LogP contribution >= 0.6 is 0 Å². The topological polar surface area (TPSA) is 29.3 Å². The number of nitrogens with zero attached hydrogens (tertiary/aromatic N) is 1. The third-order valence-corrected chi connectivity index (χ3v) is 4.72. The molecule has 3 heteroatoms. The lowest BCUT2D eigenvalue weighted by molar-refractivity contribution is 0.222. The molecule has 1 aromatic rings. The van der Waals surface area contributed by atoms with Crippen LogP contribution < -0.4 is 10.6 Å². The summed E-state index contributed by atoms with van der Waals surface area (Å²) in [5.74, 6) is -0.194. The second-order valence-electron chi connectivity index (χ2n) is 6.97. The largest absolute Gasteiger partial charge is 0.371 e. The monoisotopic (exact) mass is 278 g/mol. The van der Waals surface area contributed by atoms with Crippen molar-refractivity contribution in [3.8, 4) is 0 Å².